The number of carbonyl (C=O) groups excluding carboxylic acids is 2. The number of amides is 2. The van der Waals surface area contributed by atoms with Crippen LogP contribution in [-0.2, 0) is 27.3 Å². The third-order valence-electron chi connectivity index (χ3n) is 5.19. The van der Waals surface area contributed by atoms with Crippen LogP contribution in [0.1, 0.15) is 42.1 Å². The maximum absolute atomic E-state index is 12.6. The number of rotatable bonds is 7. The van der Waals surface area contributed by atoms with Gasteiger partial charge in [-0.2, -0.15) is 0 Å². The SMILES string of the molecule is CO[C@@H]1CC[C@H](C(=O)NCc2cc(C)on2)C[C@H]1NC(=O)Cc1nc[nH]c1C. The number of imidazole rings is 1. The number of aromatic nitrogens is 3. The Morgan fingerprint density at radius 2 is 2.18 bits per heavy atom. The number of hydrogen-bond acceptors (Lipinski definition) is 6. The van der Waals surface area contributed by atoms with Crippen LogP contribution in [0.25, 0.3) is 0 Å². The summed E-state index contributed by atoms with van der Waals surface area (Å²) in [6.07, 6.45) is 3.63. The first-order valence-corrected chi connectivity index (χ1v) is 9.47. The Kier molecular flexibility index (Phi) is 6.45. The molecule has 1 fully saturated rings. The zero-order chi connectivity index (χ0) is 20.1. The molecule has 0 bridgehead atoms. The van der Waals surface area contributed by atoms with E-state index in [0.29, 0.717) is 37.3 Å². The number of methoxy groups -OCH3 is 1. The van der Waals surface area contributed by atoms with E-state index >= 15 is 0 Å². The summed E-state index contributed by atoms with van der Waals surface area (Å²) in [6.45, 7) is 4.02. The van der Waals surface area contributed by atoms with E-state index in [0.717, 1.165) is 11.4 Å². The molecule has 3 N–H and O–H groups in total. The first-order valence-electron chi connectivity index (χ1n) is 9.47. The Balaban J connectivity index is 1.54. The van der Waals surface area contributed by atoms with Crippen LogP contribution in [0.3, 0.4) is 0 Å². The van der Waals surface area contributed by atoms with E-state index in [4.69, 9.17) is 9.26 Å². The molecule has 0 aromatic carbocycles. The molecule has 1 aliphatic carbocycles. The van der Waals surface area contributed by atoms with Crippen LogP contribution in [0, 0.1) is 19.8 Å². The molecule has 0 saturated heterocycles. The fourth-order valence-electron chi connectivity index (χ4n) is 3.61. The van der Waals surface area contributed by atoms with Crippen molar-refractivity contribution >= 4 is 11.8 Å². The van der Waals surface area contributed by atoms with Gasteiger partial charge in [-0.25, -0.2) is 4.98 Å². The molecule has 2 aromatic rings. The molecular weight excluding hydrogens is 362 g/mol. The number of carbonyl (C=O) groups is 2. The van der Waals surface area contributed by atoms with Crippen LogP contribution in [0.4, 0.5) is 0 Å². The minimum atomic E-state index is -0.212. The standard InChI is InChI=1S/C19H27N5O4/c1-11-6-14(24-28-11)9-20-19(26)13-4-5-17(27-3)16(7-13)23-18(25)8-15-12(2)21-10-22-15/h6,10,13,16-17H,4-5,7-9H2,1-3H3,(H,20,26)(H,21,22)(H,23,25)/t13-,16+,17+/m0/s1. The van der Waals surface area contributed by atoms with Crippen molar-refractivity contribution in [3.63, 3.8) is 0 Å². The van der Waals surface area contributed by atoms with Crippen molar-refractivity contribution in [2.24, 2.45) is 5.92 Å². The number of nitrogens with zero attached hydrogens (tertiary/aromatic N) is 2. The predicted octanol–water partition coefficient (Wildman–Crippen LogP) is 1.17. The van der Waals surface area contributed by atoms with E-state index in [1.165, 1.54) is 0 Å². The molecule has 9 nitrogen and oxygen atoms in total. The smallest absolute Gasteiger partial charge is 0.226 e. The first kappa shape index (κ1) is 20.1. The van der Waals surface area contributed by atoms with Crippen molar-refractivity contribution in [1.82, 2.24) is 25.8 Å². The van der Waals surface area contributed by atoms with Gasteiger partial charge in [0.15, 0.2) is 0 Å². The Hall–Kier alpha value is -2.68. The van der Waals surface area contributed by atoms with Gasteiger partial charge in [0.1, 0.15) is 11.5 Å². The Labute approximate surface area is 163 Å². The molecule has 0 spiro atoms. The van der Waals surface area contributed by atoms with Gasteiger partial charge < -0.3 is 24.9 Å². The Morgan fingerprint density at radius 1 is 1.36 bits per heavy atom. The van der Waals surface area contributed by atoms with Crippen LogP contribution >= 0.6 is 0 Å². The molecule has 3 atom stereocenters. The van der Waals surface area contributed by atoms with Crippen molar-refractivity contribution in [3.05, 3.63) is 35.2 Å². The van der Waals surface area contributed by atoms with Crippen LogP contribution < -0.4 is 10.6 Å². The molecule has 2 heterocycles. The largest absolute Gasteiger partial charge is 0.379 e. The van der Waals surface area contributed by atoms with Gasteiger partial charge in [0.2, 0.25) is 11.8 Å². The normalized spacial score (nSPS) is 22.0. The van der Waals surface area contributed by atoms with Crippen LogP contribution in [0.15, 0.2) is 16.9 Å². The highest BCUT2D eigenvalue weighted by atomic mass is 16.5. The topological polar surface area (TPSA) is 122 Å². The van der Waals surface area contributed by atoms with Gasteiger partial charge in [0.25, 0.3) is 0 Å². The van der Waals surface area contributed by atoms with Crippen molar-refractivity contribution in [3.8, 4) is 0 Å². The van der Waals surface area contributed by atoms with Gasteiger partial charge in [0, 0.05) is 24.8 Å². The van der Waals surface area contributed by atoms with Gasteiger partial charge in [-0.3, -0.25) is 9.59 Å². The Morgan fingerprint density at radius 3 is 2.82 bits per heavy atom. The van der Waals surface area contributed by atoms with E-state index in [1.54, 1.807) is 19.5 Å². The molecule has 152 valence electrons. The highest BCUT2D eigenvalue weighted by molar-refractivity contribution is 5.80. The fraction of sp³-hybridized carbons (Fsp3) is 0.579. The van der Waals surface area contributed by atoms with E-state index in [2.05, 4.69) is 25.8 Å². The van der Waals surface area contributed by atoms with Gasteiger partial charge in [-0.15, -0.1) is 0 Å². The second kappa shape index (κ2) is 9.01. The number of aromatic amines is 1. The van der Waals surface area contributed by atoms with Gasteiger partial charge in [-0.05, 0) is 33.1 Å². The van der Waals surface area contributed by atoms with Crippen molar-refractivity contribution in [1.29, 1.82) is 0 Å². The second-order valence-corrected chi connectivity index (χ2v) is 7.26. The minimum absolute atomic E-state index is 0.0439. The second-order valence-electron chi connectivity index (χ2n) is 7.26. The summed E-state index contributed by atoms with van der Waals surface area (Å²) < 4.78 is 10.5. The van der Waals surface area contributed by atoms with E-state index in [9.17, 15) is 9.59 Å². The molecule has 28 heavy (non-hydrogen) atoms. The quantitative estimate of drug-likeness (QED) is 0.653. The van der Waals surface area contributed by atoms with Gasteiger partial charge in [0.05, 0.1) is 37.1 Å². The summed E-state index contributed by atoms with van der Waals surface area (Å²) in [7, 11) is 1.63. The summed E-state index contributed by atoms with van der Waals surface area (Å²) in [5.74, 6) is 0.357. The average molecular weight is 389 g/mol. The lowest BCUT2D eigenvalue weighted by Gasteiger charge is -2.35. The molecule has 1 aliphatic rings. The molecule has 2 amide bonds. The molecule has 2 aromatic heterocycles. The van der Waals surface area contributed by atoms with E-state index < -0.39 is 0 Å². The summed E-state index contributed by atoms with van der Waals surface area (Å²) >= 11 is 0. The average Bonchev–Trinajstić information content (AvgIpc) is 3.27. The highest BCUT2D eigenvalue weighted by Crippen LogP contribution is 2.27. The van der Waals surface area contributed by atoms with E-state index in [-0.39, 0.29) is 36.3 Å². The maximum Gasteiger partial charge on any atom is 0.226 e. The summed E-state index contributed by atoms with van der Waals surface area (Å²) in [4.78, 5) is 32.1. The molecule has 9 heteroatoms. The lowest BCUT2D eigenvalue weighted by atomic mass is 9.83. The first-order chi connectivity index (χ1) is 13.5. The summed E-state index contributed by atoms with van der Waals surface area (Å²) in [5, 5.41) is 9.81. The number of aryl methyl sites for hydroxylation is 2. The predicted molar refractivity (Wildman–Crippen MR) is 100 cm³/mol. The van der Waals surface area contributed by atoms with E-state index in [1.807, 2.05) is 13.8 Å². The zero-order valence-corrected chi connectivity index (χ0v) is 16.4. The Bertz CT molecular complexity index is 815. The number of hydrogen-bond donors (Lipinski definition) is 3. The summed E-state index contributed by atoms with van der Waals surface area (Å²) in [6, 6.07) is 1.58. The zero-order valence-electron chi connectivity index (χ0n) is 16.4. The molecule has 0 aliphatic heterocycles. The number of nitrogens with one attached hydrogen (secondary N) is 3. The number of ether oxygens (including phenoxy) is 1. The third kappa shape index (κ3) is 4.98. The van der Waals surface area contributed by atoms with Crippen LogP contribution in [0.2, 0.25) is 0 Å². The van der Waals surface area contributed by atoms with Gasteiger partial charge in [-0.1, -0.05) is 5.16 Å². The lowest BCUT2D eigenvalue weighted by molar-refractivity contribution is -0.129. The number of H-pyrrole nitrogens is 1. The van der Waals surface area contributed by atoms with Crippen molar-refractivity contribution in [2.75, 3.05) is 7.11 Å². The van der Waals surface area contributed by atoms with Crippen LogP contribution in [-0.4, -0.2) is 46.2 Å². The molecule has 0 radical (unpaired) electrons. The maximum atomic E-state index is 12.6. The van der Waals surface area contributed by atoms with Crippen molar-refractivity contribution in [2.45, 2.75) is 58.2 Å². The molecule has 3 rings (SSSR count). The monoisotopic (exact) mass is 389 g/mol. The molecule has 0 unspecified atom stereocenters. The fourth-order valence-corrected chi connectivity index (χ4v) is 3.61. The highest BCUT2D eigenvalue weighted by Gasteiger charge is 2.35. The minimum Gasteiger partial charge on any atom is -0.379 e. The molecule has 1 saturated carbocycles. The third-order valence-corrected chi connectivity index (χ3v) is 5.19. The molecular formula is C19H27N5O4. The van der Waals surface area contributed by atoms with Crippen molar-refractivity contribution < 1.29 is 18.8 Å². The lowest BCUT2D eigenvalue weighted by Crippen LogP contribution is -2.50. The summed E-state index contributed by atoms with van der Waals surface area (Å²) in [5.41, 5.74) is 2.29. The van der Waals surface area contributed by atoms with Gasteiger partial charge >= 0.3 is 0 Å². The van der Waals surface area contributed by atoms with Crippen LogP contribution in [0.5, 0.6) is 0 Å².